The second kappa shape index (κ2) is 8.65. The predicted octanol–water partition coefficient (Wildman–Crippen LogP) is 4.06. The topological polar surface area (TPSA) is 59.5 Å². The van der Waals surface area contributed by atoms with E-state index in [9.17, 15) is 9.59 Å². The van der Waals surface area contributed by atoms with Crippen molar-refractivity contribution in [1.82, 2.24) is 9.88 Å². The third kappa shape index (κ3) is 4.55. The number of carbonyl (C=O) groups excluding carboxylic acids is 2. The summed E-state index contributed by atoms with van der Waals surface area (Å²) in [5.41, 5.74) is 3.93. The van der Waals surface area contributed by atoms with Crippen molar-refractivity contribution in [3.8, 4) is 0 Å². The molecule has 0 radical (unpaired) electrons. The molecule has 0 aliphatic heterocycles. The largest absolute Gasteiger partial charge is 0.452 e. The zero-order valence-electron chi connectivity index (χ0n) is 16.4. The number of nitrogens with zero attached hydrogens (tertiary/aromatic N) is 2. The number of amides is 1. The second-order valence-corrected chi connectivity index (χ2v) is 6.79. The number of rotatable bonds is 6. The Morgan fingerprint density at radius 1 is 1.04 bits per heavy atom. The van der Waals surface area contributed by atoms with E-state index in [2.05, 4.69) is 4.98 Å². The molecule has 0 unspecified atom stereocenters. The van der Waals surface area contributed by atoms with E-state index in [1.807, 2.05) is 62.4 Å². The van der Waals surface area contributed by atoms with E-state index in [0.29, 0.717) is 24.3 Å². The van der Waals surface area contributed by atoms with Gasteiger partial charge in [0.2, 0.25) is 0 Å². The molecule has 0 aliphatic carbocycles. The van der Waals surface area contributed by atoms with Crippen molar-refractivity contribution in [1.29, 1.82) is 0 Å². The lowest BCUT2D eigenvalue weighted by Gasteiger charge is -2.21. The molecule has 28 heavy (non-hydrogen) atoms. The third-order valence-corrected chi connectivity index (χ3v) is 4.66. The highest BCUT2D eigenvalue weighted by atomic mass is 16.5. The Labute approximate surface area is 165 Å². The summed E-state index contributed by atoms with van der Waals surface area (Å²) in [6.07, 6.45) is 0. The summed E-state index contributed by atoms with van der Waals surface area (Å²) in [5.74, 6) is -0.750. The van der Waals surface area contributed by atoms with Crippen molar-refractivity contribution in [2.24, 2.45) is 0 Å². The number of aromatic nitrogens is 1. The standard InChI is InChI=1S/C23H24N2O3/c1-4-25(14-18-8-6-5-7-9-18)22(26)15-28-23(27)20-13-19-12-16(2)10-11-21(19)24-17(20)3/h5-13H,4,14-15H2,1-3H3. The molecule has 144 valence electrons. The molecule has 3 rings (SSSR count). The van der Waals surface area contributed by atoms with Crippen molar-refractivity contribution in [3.63, 3.8) is 0 Å². The number of fused-ring (bicyclic) bond motifs is 1. The summed E-state index contributed by atoms with van der Waals surface area (Å²) in [5, 5.41) is 0.878. The molecule has 0 bridgehead atoms. The van der Waals surface area contributed by atoms with Crippen LogP contribution in [0.2, 0.25) is 0 Å². The van der Waals surface area contributed by atoms with Gasteiger partial charge in [-0.15, -0.1) is 0 Å². The molecule has 0 spiro atoms. The fraction of sp³-hybridized carbons (Fsp3) is 0.261. The minimum Gasteiger partial charge on any atom is -0.452 e. The smallest absolute Gasteiger partial charge is 0.340 e. The van der Waals surface area contributed by atoms with Crippen LogP contribution >= 0.6 is 0 Å². The molecule has 5 heteroatoms. The number of benzene rings is 2. The number of aryl methyl sites for hydroxylation is 2. The summed E-state index contributed by atoms with van der Waals surface area (Å²) < 4.78 is 5.30. The predicted molar refractivity (Wildman–Crippen MR) is 109 cm³/mol. The zero-order chi connectivity index (χ0) is 20.1. The molecular weight excluding hydrogens is 352 g/mol. The molecule has 0 saturated carbocycles. The number of pyridine rings is 1. The van der Waals surface area contributed by atoms with Gasteiger partial charge in [0.1, 0.15) is 0 Å². The van der Waals surface area contributed by atoms with Crippen LogP contribution in [0.1, 0.15) is 34.1 Å². The fourth-order valence-electron chi connectivity index (χ4n) is 3.08. The molecule has 1 heterocycles. The Morgan fingerprint density at radius 2 is 1.79 bits per heavy atom. The van der Waals surface area contributed by atoms with E-state index < -0.39 is 5.97 Å². The summed E-state index contributed by atoms with van der Waals surface area (Å²) in [6.45, 7) is 6.41. The zero-order valence-corrected chi connectivity index (χ0v) is 16.4. The number of ether oxygens (including phenoxy) is 1. The minimum atomic E-state index is -0.530. The number of carbonyl (C=O) groups is 2. The molecule has 3 aromatic rings. The Bertz CT molecular complexity index is 999. The average Bonchev–Trinajstić information content (AvgIpc) is 2.70. The summed E-state index contributed by atoms with van der Waals surface area (Å²) in [7, 11) is 0. The van der Waals surface area contributed by atoms with Gasteiger partial charge < -0.3 is 9.64 Å². The van der Waals surface area contributed by atoms with Crippen LogP contribution in [0.5, 0.6) is 0 Å². The van der Waals surface area contributed by atoms with Gasteiger partial charge in [0.05, 0.1) is 16.8 Å². The third-order valence-electron chi connectivity index (χ3n) is 4.66. The van der Waals surface area contributed by atoms with Crippen molar-refractivity contribution >= 4 is 22.8 Å². The number of esters is 1. The lowest BCUT2D eigenvalue weighted by Crippen LogP contribution is -2.34. The number of hydrogen-bond donors (Lipinski definition) is 0. The maximum absolute atomic E-state index is 12.5. The highest BCUT2D eigenvalue weighted by Gasteiger charge is 2.18. The summed E-state index contributed by atoms with van der Waals surface area (Å²) >= 11 is 0. The molecule has 1 aromatic heterocycles. The lowest BCUT2D eigenvalue weighted by molar-refractivity contribution is -0.134. The molecule has 0 N–H and O–H groups in total. The Morgan fingerprint density at radius 3 is 2.50 bits per heavy atom. The normalized spacial score (nSPS) is 10.7. The van der Waals surface area contributed by atoms with Gasteiger partial charge in [0.25, 0.3) is 5.91 Å². The quantitative estimate of drug-likeness (QED) is 0.609. The van der Waals surface area contributed by atoms with Crippen LogP contribution in [-0.2, 0) is 16.1 Å². The molecule has 1 amide bonds. The molecule has 5 nitrogen and oxygen atoms in total. The molecule has 0 aliphatic rings. The second-order valence-electron chi connectivity index (χ2n) is 6.79. The van der Waals surface area contributed by atoms with Gasteiger partial charge in [0.15, 0.2) is 6.61 Å². The van der Waals surface area contributed by atoms with Gasteiger partial charge in [-0.05, 0) is 44.5 Å². The van der Waals surface area contributed by atoms with Gasteiger partial charge in [-0.2, -0.15) is 0 Å². The van der Waals surface area contributed by atoms with Crippen LogP contribution in [0.15, 0.2) is 54.6 Å². The van der Waals surface area contributed by atoms with Crippen LogP contribution in [0.4, 0.5) is 0 Å². The molecule has 0 fully saturated rings. The summed E-state index contributed by atoms with van der Waals surface area (Å²) in [6, 6.07) is 17.4. The maximum Gasteiger partial charge on any atom is 0.340 e. The first-order valence-electron chi connectivity index (χ1n) is 9.34. The van der Waals surface area contributed by atoms with Crippen LogP contribution in [0, 0.1) is 13.8 Å². The van der Waals surface area contributed by atoms with E-state index in [4.69, 9.17) is 4.74 Å². The van der Waals surface area contributed by atoms with Gasteiger partial charge in [0, 0.05) is 18.5 Å². The first-order valence-corrected chi connectivity index (χ1v) is 9.34. The van der Waals surface area contributed by atoms with Crippen LogP contribution in [0.25, 0.3) is 10.9 Å². The first-order chi connectivity index (χ1) is 13.5. The molecular formula is C23H24N2O3. The number of likely N-dealkylation sites (N-methyl/N-ethyl adjacent to an activating group) is 1. The summed E-state index contributed by atoms with van der Waals surface area (Å²) in [4.78, 5) is 31.2. The minimum absolute atomic E-state index is 0.220. The SMILES string of the molecule is CCN(Cc1ccccc1)C(=O)COC(=O)c1cc2cc(C)ccc2nc1C. The highest BCUT2D eigenvalue weighted by Crippen LogP contribution is 2.19. The Kier molecular flexibility index (Phi) is 6.04. The van der Waals surface area contributed by atoms with E-state index in [0.717, 1.165) is 22.0 Å². The van der Waals surface area contributed by atoms with E-state index in [-0.39, 0.29) is 12.5 Å². The van der Waals surface area contributed by atoms with E-state index in [1.165, 1.54) is 0 Å². The molecule has 2 aromatic carbocycles. The van der Waals surface area contributed by atoms with Crippen molar-refractivity contribution in [2.75, 3.05) is 13.2 Å². The average molecular weight is 376 g/mol. The molecule has 0 saturated heterocycles. The maximum atomic E-state index is 12.5. The van der Waals surface area contributed by atoms with Gasteiger partial charge >= 0.3 is 5.97 Å². The van der Waals surface area contributed by atoms with Crippen molar-refractivity contribution < 1.29 is 14.3 Å². The van der Waals surface area contributed by atoms with Crippen LogP contribution < -0.4 is 0 Å². The Hall–Kier alpha value is -3.21. The van der Waals surface area contributed by atoms with Crippen LogP contribution in [-0.4, -0.2) is 34.9 Å². The highest BCUT2D eigenvalue weighted by molar-refractivity contribution is 5.96. The first kappa shape index (κ1) is 19.5. The van der Waals surface area contributed by atoms with Gasteiger partial charge in [-0.1, -0.05) is 42.0 Å². The van der Waals surface area contributed by atoms with Gasteiger partial charge in [-0.3, -0.25) is 9.78 Å². The van der Waals surface area contributed by atoms with E-state index in [1.54, 1.807) is 17.9 Å². The van der Waals surface area contributed by atoms with Crippen molar-refractivity contribution in [3.05, 3.63) is 77.0 Å². The fourth-order valence-corrected chi connectivity index (χ4v) is 3.08. The van der Waals surface area contributed by atoms with Gasteiger partial charge in [-0.25, -0.2) is 4.79 Å². The lowest BCUT2D eigenvalue weighted by atomic mass is 10.1. The number of hydrogen-bond acceptors (Lipinski definition) is 4. The monoisotopic (exact) mass is 376 g/mol. The van der Waals surface area contributed by atoms with Crippen LogP contribution in [0.3, 0.4) is 0 Å². The van der Waals surface area contributed by atoms with Crippen molar-refractivity contribution in [2.45, 2.75) is 27.3 Å². The van der Waals surface area contributed by atoms with E-state index >= 15 is 0 Å². The Balaban J connectivity index is 1.68. The molecule has 0 atom stereocenters.